The lowest BCUT2D eigenvalue weighted by Gasteiger charge is -2.09. The summed E-state index contributed by atoms with van der Waals surface area (Å²) < 4.78 is 24.2. The van der Waals surface area contributed by atoms with E-state index in [2.05, 4.69) is 0 Å². The SMILES string of the molecule is OC1COc2cc(OCc3cccc(F)c3Cl)ccc21. The Morgan fingerprint density at radius 3 is 3.05 bits per heavy atom. The van der Waals surface area contributed by atoms with Crippen molar-refractivity contribution in [1.29, 1.82) is 0 Å². The molecule has 0 saturated carbocycles. The molecule has 1 unspecified atom stereocenters. The molecule has 1 N–H and O–H groups in total. The van der Waals surface area contributed by atoms with E-state index in [4.69, 9.17) is 21.1 Å². The second-order valence-corrected chi connectivity index (χ2v) is 4.91. The zero-order chi connectivity index (χ0) is 14.1. The summed E-state index contributed by atoms with van der Waals surface area (Å²) in [4.78, 5) is 0. The van der Waals surface area contributed by atoms with Crippen LogP contribution in [0.5, 0.6) is 11.5 Å². The Balaban J connectivity index is 1.74. The van der Waals surface area contributed by atoms with Crippen LogP contribution in [-0.4, -0.2) is 11.7 Å². The van der Waals surface area contributed by atoms with Crippen LogP contribution in [-0.2, 0) is 6.61 Å². The van der Waals surface area contributed by atoms with Gasteiger partial charge in [-0.15, -0.1) is 0 Å². The molecule has 0 radical (unpaired) electrons. The van der Waals surface area contributed by atoms with E-state index in [-0.39, 0.29) is 18.2 Å². The van der Waals surface area contributed by atoms with Gasteiger partial charge < -0.3 is 14.6 Å². The maximum absolute atomic E-state index is 13.3. The van der Waals surface area contributed by atoms with Gasteiger partial charge in [-0.25, -0.2) is 4.39 Å². The summed E-state index contributed by atoms with van der Waals surface area (Å²) in [6, 6.07) is 9.80. The molecule has 0 amide bonds. The van der Waals surface area contributed by atoms with Crippen LogP contribution < -0.4 is 9.47 Å². The topological polar surface area (TPSA) is 38.7 Å². The van der Waals surface area contributed by atoms with E-state index in [1.807, 2.05) is 0 Å². The molecule has 1 heterocycles. The van der Waals surface area contributed by atoms with Gasteiger partial charge in [0.1, 0.15) is 36.6 Å². The predicted octanol–water partition coefficient (Wildman–Crippen LogP) is 3.48. The maximum Gasteiger partial charge on any atom is 0.142 e. The molecule has 0 aliphatic carbocycles. The van der Waals surface area contributed by atoms with E-state index < -0.39 is 11.9 Å². The van der Waals surface area contributed by atoms with Crippen molar-refractivity contribution < 1.29 is 19.0 Å². The maximum atomic E-state index is 13.3. The highest BCUT2D eigenvalue weighted by Gasteiger charge is 2.22. The van der Waals surface area contributed by atoms with Gasteiger partial charge in [0.2, 0.25) is 0 Å². The number of rotatable bonds is 3. The summed E-state index contributed by atoms with van der Waals surface area (Å²) in [5.41, 5.74) is 1.33. The monoisotopic (exact) mass is 294 g/mol. The van der Waals surface area contributed by atoms with E-state index in [0.717, 1.165) is 5.56 Å². The van der Waals surface area contributed by atoms with Gasteiger partial charge in [-0.1, -0.05) is 23.7 Å². The molecular formula is C15H12ClFO3. The van der Waals surface area contributed by atoms with Crippen molar-refractivity contribution in [1.82, 2.24) is 0 Å². The van der Waals surface area contributed by atoms with Crippen LogP contribution >= 0.6 is 11.6 Å². The van der Waals surface area contributed by atoms with Gasteiger partial charge in [0.15, 0.2) is 0 Å². The smallest absolute Gasteiger partial charge is 0.142 e. The molecule has 3 nitrogen and oxygen atoms in total. The highest BCUT2D eigenvalue weighted by Crippen LogP contribution is 2.35. The van der Waals surface area contributed by atoms with E-state index in [0.29, 0.717) is 17.1 Å². The molecule has 3 rings (SSSR count). The first-order chi connectivity index (χ1) is 9.65. The lowest BCUT2D eigenvalue weighted by Crippen LogP contribution is -1.98. The van der Waals surface area contributed by atoms with Crippen molar-refractivity contribution >= 4 is 11.6 Å². The van der Waals surface area contributed by atoms with Gasteiger partial charge in [-0.3, -0.25) is 0 Å². The van der Waals surface area contributed by atoms with E-state index in [9.17, 15) is 9.50 Å². The third kappa shape index (κ3) is 2.44. The molecule has 5 heteroatoms. The quantitative estimate of drug-likeness (QED) is 0.942. The predicted molar refractivity (Wildman–Crippen MR) is 72.6 cm³/mol. The first-order valence-corrected chi connectivity index (χ1v) is 6.53. The van der Waals surface area contributed by atoms with Crippen molar-refractivity contribution in [2.24, 2.45) is 0 Å². The van der Waals surface area contributed by atoms with Crippen LogP contribution in [0.2, 0.25) is 5.02 Å². The fourth-order valence-electron chi connectivity index (χ4n) is 2.08. The molecule has 1 atom stereocenters. The van der Waals surface area contributed by atoms with E-state index in [1.165, 1.54) is 6.07 Å². The summed E-state index contributed by atoms with van der Waals surface area (Å²) >= 11 is 5.86. The van der Waals surface area contributed by atoms with E-state index >= 15 is 0 Å². The number of hydrogen-bond acceptors (Lipinski definition) is 3. The molecule has 2 aromatic carbocycles. The van der Waals surface area contributed by atoms with Gasteiger partial charge >= 0.3 is 0 Å². The van der Waals surface area contributed by atoms with Crippen molar-refractivity contribution in [2.45, 2.75) is 12.7 Å². The Bertz CT molecular complexity index is 645. The van der Waals surface area contributed by atoms with Crippen molar-refractivity contribution in [3.8, 4) is 11.5 Å². The Hall–Kier alpha value is -1.78. The standard InChI is InChI=1S/C15H12ClFO3/c16-15-9(2-1-3-12(15)17)7-19-10-4-5-11-13(18)8-20-14(11)6-10/h1-6,13,18H,7-8H2. The van der Waals surface area contributed by atoms with Gasteiger partial charge in [0, 0.05) is 17.2 Å². The fraction of sp³-hybridized carbons (Fsp3) is 0.200. The Labute approximate surface area is 120 Å². The van der Waals surface area contributed by atoms with Crippen LogP contribution in [0.1, 0.15) is 17.2 Å². The summed E-state index contributed by atoms with van der Waals surface area (Å²) in [6.07, 6.45) is -0.586. The molecular weight excluding hydrogens is 283 g/mol. The molecule has 1 aliphatic rings. The van der Waals surface area contributed by atoms with Crippen LogP contribution in [0.4, 0.5) is 4.39 Å². The zero-order valence-corrected chi connectivity index (χ0v) is 11.2. The second-order valence-electron chi connectivity index (χ2n) is 4.53. The van der Waals surface area contributed by atoms with Gasteiger partial charge in [-0.05, 0) is 18.2 Å². The largest absolute Gasteiger partial charge is 0.490 e. The highest BCUT2D eigenvalue weighted by molar-refractivity contribution is 6.31. The number of hydrogen-bond donors (Lipinski definition) is 1. The molecule has 0 bridgehead atoms. The first-order valence-electron chi connectivity index (χ1n) is 6.15. The second kappa shape index (κ2) is 5.31. The summed E-state index contributed by atoms with van der Waals surface area (Å²) in [6.45, 7) is 0.423. The molecule has 104 valence electrons. The average molecular weight is 295 g/mol. The minimum absolute atomic E-state index is 0.0698. The van der Waals surface area contributed by atoms with Crippen LogP contribution in [0.25, 0.3) is 0 Å². The lowest BCUT2D eigenvalue weighted by atomic mass is 10.1. The summed E-state index contributed by atoms with van der Waals surface area (Å²) in [7, 11) is 0. The molecule has 0 spiro atoms. The molecule has 1 aliphatic heterocycles. The summed E-state index contributed by atoms with van der Waals surface area (Å²) in [5.74, 6) is 0.728. The normalized spacial score (nSPS) is 16.6. The van der Waals surface area contributed by atoms with Crippen molar-refractivity contribution in [3.63, 3.8) is 0 Å². The number of halogens is 2. The number of aliphatic hydroxyl groups is 1. The van der Waals surface area contributed by atoms with E-state index in [1.54, 1.807) is 30.3 Å². The van der Waals surface area contributed by atoms with Crippen LogP contribution in [0.15, 0.2) is 36.4 Å². The third-order valence-electron chi connectivity index (χ3n) is 3.17. The van der Waals surface area contributed by atoms with Gasteiger partial charge in [-0.2, -0.15) is 0 Å². The number of ether oxygens (including phenoxy) is 2. The molecule has 20 heavy (non-hydrogen) atoms. The summed E-state index contributed by atoms with van der Waals surface area (Å²) in [5, 5.41) is 9.69. The molecule has 0 aromatic heterocycles. The van der Waals surface area contributed by atoms with Crippen LogP contribution in [0, 0.1) is 5.82 Å². The number of benzene rings is 2. The zero-order valence-electron chi connectivity index (χ0n) is 10.5. The lowest BCUT2D eigenvalue weighted by molar-refractivity contribution is 0.140. The Morgan fingerprint density at radius 2 is 2.20 bits per heavy atom. The van der Waals surface area contributed by atoms with Crippen molar-refractivity contribution in [2.75, 3.05) is 6.61 Å². The first kappa shape index (κ1) is 13.2. The van der Waals surface area contributed by atoms with Crippen LogP contribution in [0.3, 0.4) is 0 Å². The van der Waals surface area contributed by atoms with Gasteiger partial charge in [0.25, 0.3) is 0 Å². The third-order valence-corrected chi connectivity index (χ3v) is 3.59. The molecule has 2 aromatic rings. The molecule has 0 fully saturated rings. The Kier molecular flexibility index (Phi) is 3.51. The minimum Gasteiger partial charge on any atom is -0.490 e. The number of aliphatic hydroxyl groups excluding tert-OH is 1. The van der Waals surface area contributed by atoms with Crippen molar-refractivity contribution in [3.05, 3.63) is 58.4 Å². The minimum atomic E-state index is -0.586. The molecule has 0 saturated heterocycles. The Morgan fingerprint density at radius 1 is 1.35 bits per heavy atom. The number of fused-ring (bicyclic) bond motifs is 1. The van der Waals surface area contributed by atoms with Gasteiger partial charge in [0.05, 0.1) is 5.02 Å². The average Bonchev–Trinajstić information content (AvgIpc) is 2.82. The highest BCUT2D eigenvalue weighted by atomic mass is 35.5. The fourth-order valence-corrected chi connectivity index (χ4v) is 2.26.